The summed E-state index contributed by atoms with van der Waals surface area (Å²) in [4.78, 5) is 0. The van der Waals surface area contributed by atoms with Crippen molar-refractivity contribution in [3.05, 3.63) is 29.3 Å². The number of hydrogen-bond acceptors (Lipinski definition) is 2. The Morgan fingerprint density at radius 1 is 1.30 bits per heavy atom. The van der Waals surface area contributed by atoms with Gasteiger partial charge in [0, 0.05) is 12.5 Å². The Hall–Kier alpha value is -1.02. The second-order valence-corrected chi connectivity index (χ2v) is 7.04. The molecule has 0 aliphatic carbocycles. The summed E-state index contributed by atoms with van der Waals surface area (Å²) in [5.41, 5.74) is 2.72. The normalized spacial score (nSPS) is 17.9. The highest BCUT2D eigenvalue weighted by Crippen LogP contribution is 2.36. The van der Waals surface area contributed by atoms with Crippen LogP contribution in [-0.2, 0) is 6.42 Å². The second kappa shape index (κ2) is 6.17. The fraction of sp³-hybridized carbons (Fsp3) is 0.667. The summed E-state index contributed by atoms with van der Waals surface area (Å²) >= 11 is 0. The van der Waals surface area contributed by atoms with Gasteiger partial charge in [-0.05, 0) is 56.3 Å². The molecule has 1 unspecified atom stereocenters. The van der Waals surface area contributed by atoms with Crippen LogP contribution in [0.15, 0.2) is 18.2 Å². The van der Waals surface area contributed by atoms with Gasteiger partial charge in [-0.2, -0.15) is 0 Å². The summed E-state index contributed by atoms with van der Waals surface area (Å²) in [6, 6.07) is 7.19. The molecule has 0 radical (unpaired) electrons. The quantitative estimate of drug-likeness (QED) is 0.826. The summed E-state index contributed by atoms with van der Waals surface area (Å²) < 4.78 is 5.97. The number of ether oxygens (including phenoxy) is 1. The lowest BCUT2D eigenvalue weighted by Crippen LogP contribution is -2.24. The zero-order valence-corrected chi connectivity index (χ0v) is 13.6. The van der Waals surface area contributed by atoms with Crippen LogP contribution in [0.25, 0.3) is 0 Å². The molecule has 0 fully saturated rings. The van der Waals surface area contributed by atoms with Crippen molar-refractivity contribution in [3.63, 3.8) is 0 Å². The van der Waals surface area contributed by atoms with Crippen molar-refractivity contribution >= 4 is 0 Å². The van der Waals surface area contributed by atoms with Crippen LogP contribution in [0.5, 0.6) is 5.75 Å². The van der Waals surface area contributed by atoms with Crippen molar-refractivity contribution in [2.24, 2.45) is 5.92 Å². The first-order chi connectivity index (χ1) is 9.41. The zero-order chi connectivity index (χ0) is 14.8. The topological polar surface area (TPSA) is 21.3 Å². The van der Waals surface area contributed by atoms with Gasteiger partial charge in [-0.25, -0.2) is 0 Å². The third-order valence-electron chi connectivity index (χ3n) is 3.84. The lowest BCUT2D eigenvalue weighted by Gasteiger charge is -2.21. The summed E-state index contributed by atoms with van der Waals surface area (Å²) in [5.74, 6) is 1.77. The standard InChI is InChI=1S/C18H29NO/c1-6-9-19-16(10-13(2)3)14-7-8-17-15(11-14)12-18(4,5)20-17/h7-8,11,13,16,19H,6,9-10,12H2,1-5H3. The fourth-order valence-electron chi connectivity index (χ4n) is 2.97. The molecule has 0 bridgehead atoms. The Kier molecular flexibility index (Phi) is 4.74. The average molecular weight is 275 g/mol. The van der Waals surface area contributed by atoms with Gasteiger partial charge >= 0.3 is 0 Å². The monoisotopic (exact) mass is 275 g/mol. The van der Waals surface area contributed by atoms with E-state index in [0.29, 0.717) is 12.0 Å². The van der Waals surface area contributed by atoms with E-state index >= 15 is 0 Å². The Labute approximate surface area is 123 Å². The molecule has 0 saturated carbocycles. The van der Waals surface area contributed by atoms with Crippen LogP contribution in [0, 0.1) is 5.92 Å². The van der Waals surface area contributed by atoms with Crippen LogP contribution in [0.3, 0.4) is 0 Å². The first-order valence-corrected chi connectivity index (χ1v) is 7.96. The molecule has 112 valence electrons. The maximum Gasteiger partial charge on any atom is 0.123 e. The third-order valence-corrected chi connectivity index (χ3v) is 3.84. The average Bonchev–Trinajstić information content (AvgIpc) is 2.66. The second-order valence-electron chi connectivity index (χ2n) is 7.04. The predicted molar refractivity (Wildman–Crippen MR) is 85.3 cm³/mol. The highest BCUT2D eigenvalue weighted by Gasteiger charge is 2.30. The van der Waals surface area contributed by atoms with Gasteiger partial charge in [0.2, 0.25) is 0 Å². The van der Waals surface area contributed by atoms with Gasteiger partial charge in [0.05, 0.1) is 0 Å². The van der Waals surface area contributed by atoms with Crippen LogP contribution in [0.1, 0.15) is 64.6 Å². The van der Waals surface area contributed by atoms with Crippen molar-refractivity contribution in [3.8, 4) is 5.75 Å². The minimum atomic E-state index is -0.0502. The molecular formula is C18H29NO. The van der Waals surface area contributed by atoms with E-state index in [-0.39, 0.29) is 5.60 Å². The van der Waals surface area contributed by atoms with Gasteiger partial charge in [-0.15, -0.1) is 0 Å². The smallest absolute Gasteiger partial charge is 0.123 e. The molecule has 1 aromatic rings. The maximum absolute atomic E-state index is 5.97. The molecule has 1 atom stereocenters. The molecular weight excluding hydrogens is 246 g/mol. The van der Waals surface area contributed by atoms with Crippen molar-refractivity contribution in [2.45, 2.75) is 65.5 Å². The molecule has 1 N–H and O–H groups in total. The fourth-order valence-corrected chi connectivity index (χ4v) is 2.97. The zero-order valence-electron chi connectivity index (χ0n) is 13.6. The maximum atomic E-state index is 5.97. The van der Waals surface area contributed by atoms with Crippen LogP contribution in [0.4, 0.5) is 0 Å². The molecule has 20 heavy (non-hydrogen) atoms. The highest BCUT2D eigenvalue weighted by molar-refractivity contribution is 5.42. The Balaban J connectivity index is 2.18. The number of nitrogens with one attached hydrogen (secondary N) is 1. The molecule has 0 spiro atoms. The molecule has 0 amide bonds. The van der Waals surface area contributed by atoms with E-state index in [0.717, 1.165) is 18.7 Å². The van der Waals surface area contributed by atoms with Gasteiger partial charge < -0.3 is 10.1 Å². The number of benzene rings is 1. The van der Waals surface area contributed by atoms with E-state index in [9.17, 15) is 0 Å². The van der Waals surface area contributed by atoms with Gasteiger partial charge in [-0.3, -0.25) is 0 Å². The van der Waals surface area contributed by atoms with Gasteiger partial charge in [-0.1, -0.05) is 32.9 Å². The summed E-state index contributed by atoms with van der Waals surface area (Å²) in [6.07, 6.45) is 3.37. The minimum absolute atomic E-state index is 0.0502. The summed E-state index contributed by atoms with van der Waals surface area (Å²) in [5, 5.41) is 3.69. The molecule has 2 nitrogen and oxygen atoms in total. The van der Waals surface area contributed by atoms with Crippen molar-refractivity contribution in [1.82, 2.24) is 5.32 Å². The molecule has 2 heteroatoms. The first-order valence-electron chi connectivity index (χ1n) is 7.96. The molecule has 2 rings (SSSR count). The number of rotatable bonds is 6. The van der Waals surface area contributed by atoms with Gasteiger partial charge in [0.15, 0.2) is 0 Å². The highest BCUT2D eigenvalue weighted by atomic mass is 16.5. The van der Waals surface area contributed by atoms with E-state index < -0.39 is 0 Å². The largest absolute Gasteiger partial charge is 0.487 e. The Bertz CT molecular complexity index is 451. The van der Waals surface area contributed by atoms with E-state index in [1.165, 1.54) is 24.0 Å². The lowest BCUT2D eigenvalue weighted by atomic mass is 9.93. The molecule has 1 aromatic carbocycles. The SMILES string of the molecule is CCCNC(CC(C)C)c1ccc2c(c1)CC(C)(C)O2. The van der Waals surface area contributed by atoms with E-state index in [2.05, 4.69) is 58.1 Å². The van der Waals surface area contributed by atoms with Crippen LogP contribution >= 0.6 is 0 Å². The van der Waals surface area contributed by atoms with Crippen LogP contribution < -0.4 is 10.1 Å². The van der Waals surface area contributed by atoms with Crippen molar-refractivity contribution in [2.75, 3.05) is 6.54 Å². The third kappa shape index (κ3) is 3.76. The van der Waals surface area contributed by atoms with Crippen molar-refractivity contribution < 1.29 is 4.74 Å². The van der Waals surface area contributed by atoms with Crippen molar-refractivity contribution in [1.29, 1.82) is 0 Å². The van der Waals surface area contributed by atoms with E-state index in [4.69, 9.17) is 4.74 Å². The summed E-state index contributed by atoms with van der Waals surface area (Å²) in [7, 11) is 0. The van der Waals surface area contributed by atoms with Crippen LogP contribution in [0.2, 0.25) is 0 Å². The van der Waals surface area contributed by atoms with Gasteiger partial charge in [0.1, 0.15) is 11.4 Å². The Morgan fingerprint density at radius 3 is 2.70 bits per heavy atom. The Morgan fingerprint density at radius 2 is 2.05 bits per heavy atom. The molecule has 1 aliphatic rings. The van der Waals surface area contributed by atoms with Gasteiger partial charge in [0.25, 0.3) is 0 Å². The molecule has 1 heterocycles. The number of fused-ring (bicyclic) bond motifs is 1. The first kappa shape index (κ1) is 15.4. The predicted octanol–water partition coefficient (Wildman–Crippen LogP) is 4.49. The minimum Gasteiger partial charge on any atom is -0.487 e. The molecule has 0 saturated heterocycles. The van der Waals surface area contributed by atoms with E-state index in [1.54, 1.807) is 0 Å². The number of hydrogen-bond donors (Lipinski definition) is 1. The van der Waals surface area contributed by atoms with Crippen LogP contribution in [-0.4, -0.2) is 12.1 Å². The van der Waals surface area contributed by atoms with E-state index in [1.807, 2.05) is 0 Å². The summed E-state index contributed by atoms with van der Waals surface area (Å²) in [6.45, 7) is 12.2. The lowest BCUT2D eigenvalue weighted by molar-refractivity contribution is 0.138. The molecule has 0 aromatic heterocycles. The molecule has 1 aliphatic heterocycles.